The number of nitrogens with one attached hydrogen (secondary N) is 2. The van der Waals surface area contributed by atoms with Gasteiger partial charge in [-0.1, -0.05) is 0 Å². The van der Waals surface area contributed by atoms with Crippen molar-refractivity contribution in [2.45, 2.75) is 25.8 Å². The molecule has 0 amide bonds. The topological polar surface area (TPSA) is 33.3 Å². The van der Waals surface area contributed by atoms with E-state index in [1.807, 2.05) is 0 Å². The standard InChI is InChI=1S/C11H22N2O/c1-9(11-3-5-14-8-11)13-7-10-2-4-12-6-10/h9-13H,2-8H2,1H3. The summed E-state index contributed by atoms with van der Waals surface area (Å²) in [5.74, 6) is 1.59. The van der Waals surface area contributed by atoms with Crippen LogP contribution in [0.15, 0.2) is 0 Å². The van der Waals surface area contributed by atoms with Gasteiger partial charge in [-0.05, 0) is 51.2 Å². The van der Waals surface area contributed by atoms with Crippen molar-refractivity contribution in [3.8, 4) is 0 Å². The van der Waals surface area contributed by atoms with Crippen LogP contribution in [0.1, 0.15) is 19.8 Å². The molecule has 3 atom stereocenters. The molecule has 14 heavy (non-hydrogen) atoms. The Hall–Kier alpha value is -0.120. The van der Waals surface area contributed by atoms with E-state index in [0.29, 0.717) is 6.04 Å². The molecule has 0 aromatic rings. The summed E-state index contributed by atoms with van der Waals surface area (Å²) in [6.45, 7) is 7.78. The second-order valence-electron chi connectivity index (χ2n) is 4.68. The Labute approximate surface area is 86.6 Å². The van der Waals surface area contributed by atoms with Gasteiger partial charge in [-0.15, -0.1) is 0 Å². The van der Waals surface area contributed by atoms with Crippen LogP contribution in [-0.2, 0) is 4.74 Å². The Balaban J connectivity index is 1.63. The van der Waals surface area contributed by atoms with E-state index in [0.717, 1.165) is 25.0 Å². The third-order valence-electron chi connectivity index (χ3n) is 3.56. The van der Waals surface area contributed by atoms with Crippen LogP contribution in [0.3, 0.4) is 0 Å². The first kappa shape index (κ1) is 10.4. The fourth-order valence-corrected chi connectivity index (χ4v) is 2.35. The molecule has 0 aliphatic carbocycles. The minimum absolute atomic E-state index is 0.623. The Morgan fingerprint density at radius 3 is 3.07 bits per heavy atom. The summed E-state index contributed by atoms with van der Waals surface area (Å²) in [5, 5.41) is 7.05. The van der Waals surface area contributed by atoms with E-state index >= 15 is 0 Å². The van der Waals surface area contributed by atoms with Crippen molar-refractivity contribution in [2.24, 2.45) is 11.8 Å². The largest absolute Gasteiger partial charge is 0.381 e. The summed E-state index contributed by atoms with van der Waals surface area (Å²) in [5.41, 5.74) is 0. The van der Waals surface area contributed by atoms with E-state index in [2.05, 4.69) is 17.6 Å². The maximum atomic E-state index is 5.40. The number of hydrogen-bond acceptors (Lipinski definition) is 3. The van der Waals surface area contributed by atoms with Crippen LogP contribution in [0.4, 0.5) is 0 Å². The maximum Gasteiger partial charge on any atom is 0.0509 e. The molecule has 2 aliphatic rings. The number of rotatable bonds is 4. The van der Waals surface area contributed by atoms with Crippen molar-refractivity contribution in [1.82, 2.24) is 10.6 Å². The van der Waals surface area contributed by atoms with Crippen molar-refractivity contribution < 1.29 is 4.74 Å². The molecule has 82 valence electrons. The maximum absolute atomic E-state index is 5.40. The SMILES string of the molecule is CC(NCC1CCNC1)C1CCOC1. The van der Waals surface area contributed by atoms with Gasteiger partial charge in [-0.3, -0.25) is 0 Å². The Kier molecular flexibility index (Phi) is 3.79. The molecule has 0 aromatic heterocycles. The number of ether oxygens (including phenoxy) is 1. The Morgan fingerprint density at radius 2 is 2.43 bits per heavy atom. The van der Waals surface area contributed by atoms with Gasteiger partial charge < -0.3 is 15.4 Å². The Bertz CT molecular complexity index is 163. The molecule has 2 heterocycles. The first-order valence-corrected chi connectivity index (χ1v) is 5.88. The van der Waals surface area contributed by atoms with Crippen molar-refractivity contribution in [2.75, 3.05) is 32.8 Å². The van der Waals surface area contributed by atoms with Crippen LogP contribution in [0, 0.1) is 11.8 Å². The van der Waals surface area contributed by atoms with E-state index in [1.54, 1.807) is 0 Å². The van der Waals surface area contributed by atoms with Gasteiger partial charge in [0.05, 0.1) is 6.61 Å². The van der Waals surface area contributed by atoms with Crippen LogP contribution in [0.25, 0.3) is 0 Å². The van der Waals surface area contributed by atoms with Gasteiger partial charge in [-0.25, -0.2) is 0 Å². The average molecular weight is 198 g/mol. The smallest absolute Gasteiger partial charge is 0.0509 e. The van der Waals surface area contributed by atoms with E-state index in [1.165, 1.54) is 32.5 Å². The molecule has 0 radical (unpaired) electrons. The first-order valence-electron chi connectivity index (χ1n) is 5.88. The predicted octanol–water partition coefficient (Wildman–Crippen LogP) is 0.611. The lowest BCUT2D eigenvalue weighted by molar-refractivity contribution is 0.177. The molecule has 0 aromatic carbocycles. The summed E-state index contributed by atoms with van der Waals surface area (Å²) >= 11 is 0. The summed E-state index contributed by atoms with van der Waals surface area (Å²) in [7, 11) is 0. The molecule has 0 spiro atoms. The second kappa shape index (κ2) is 5.10. The van der Waals surface area contributed by atoms with Gasteiger partial charge in [0.15, 0.2) is 0 Å². The lowest BCUT2D eigenvalue weighted by Gasteiger charge is -2.21. The van der Waals surface area contributed by atoms with Crippen LogP contribution in [0.5, 0.6) is 0 Å². The minimum Gasteiger partial charge on any atom is -0.381 e. The zero-order chi connectivity index (χ0) is 9.80. The monoisotopic (exact) mass is 198 g/mol. The van der Waals surface area contributed by atoms with Crippen LogP contribution in [0.2, 0.25) is 0 Å². The van der Waals surface area contributed by atoms with Gasteiger partial charge in [0.25, 0.3) is 0 Å². The minimum atomic E-state index is 0.623. The molecule has 2 saturated heterocycles. The summed E-state index contributed by atoms with van der Waals surface area (Å²) in [6.07, 6.45) is 2.57. The summed E-state index contributed by atoms with van der Waals surface area (Å²) in [4.78, 5) is 0. The summed E-state index contributed by atoms with van der Waals surface area (Å²) < 4.78 is 5.40. The van der Waals surface area contributed by atoms with Gasteiger partial charge in [-0.2, -0.15) is 0 Å². The quantitative estimate of drug-likeness (QED) is 0.694. The van der Waals surface area contributed by atoms with Crippen LogP contribution < -0.4 is 10.6 Å². The van der Waals surface area contributed by atoms with Crippen LogP contribution in [-0.4, -0.2) is 38.9 Å². The second-order valence-corrected chi connectivity index (χ2v) is 4.68. The fraction of sp³-hybridized carbons (Fsp3) is 1.00. The highest BCUT2D eigenvalue weighted by molar-refractivity contribution is 4.79. The zero-order valence-corrected chi connectivity index (χ0v) is 9.09. The fourth-order valence-electron chi connectivity index (χ4n) is 2.35. The lowest BCUT2D eigenvalue weighted by Crippen LogP contribution is -2.37. The third kappa shape index (κ3) is 2.69. The molecule has 3 nitrogen and oxygen atoms in total. The van der Waals surface area contributed by atoms with Crippen LogP contribution >= 0.6 is 0 Å². The van der Waals surface area contributed by atoms with E-state index in [4.69, 9.17) is 4.74 Å². The highest BCUT2D eigenvalue weighted by Gasteiger charge is 2.23. The van der Waals surface area contributed by atoms with Gasteiger partial charge in [0.1, 0.15) is 0 Å². The molecular weight excluding hydrogens is 176 g/mol. The van der Waals surface area contributed by atoms with Crippen molar-refractivity contribution >= 4 is 0 Å². The van der Waals surface area contributed by atoms with Gasteiger partial charge in [0, 0.05) is 12.6 Å². The highest BCUT2D eigenvalue weighted by Crippen LogP contribution is 2.17. The molecular formula is C11H22N2O. The molecule has 2 N–H and O–H groups in total. The lowest BCUT2D eigenvalue weighted by atomic mass is 10.00. The molecule has 2 fully saturated rings. The first-order chi connectivity index (χ1) is 6.86. The van der Waals surface area contributed by atoms with Crippen molar-refractivity contribution in [3.05, 3.63) is 0 Å². The zero-order valence-electron chi connectivity index (χ0n) is 9.09. The van der Waals surface area contributed by atoms with Gasteiger partial charge in [0.2, 0.25) is 0 Å². The molecule has 0 bridgehead atoms. The third-order valence-corrected chi connectivity index (χ3v) is 3.56. The number of hydrogen-bond donors (Lipinski definition) is 2. The highest BCUT2D eigenvalue weighted by atomic mass is 16.5. The van der Waals surface area contributed by atoms with Crippen molar-refractivity contribution in [3.63, 3.8) is 0 Å². The predicted molar refractivity (Wildman–Crippen MR) is 57.4 cm³/mol. The summed E-state index contributed by atoms with van der Waals surface area (Å²) in [6, 6.07) is 0.623. The van der Waals surface area contributed by atoms with E-state index in [9.17, 15) is 0 Å². The van der Waals surface area contributed by atoms with Crippen molar-refractivity contribution in [1.29, 1.82) is 0 Å². The molecule has 2 aliphatic heterocycles. The average Bonchev–Trinajstić information content (AvgIpc) is 2.87. The molecule has 3 unspecified atom stereocenters. The Morgan fingerprint density at radius 1 is 1.50 bits per heavy atom. The molecule has 2 rings (SSSR count). The van der Waals surface area contributed by atoms with E-state index < -0.39 is 0 Å². The molecule has 0 saturated carbocycles. The van der Waals surface area contributed by atoms with Gasteiger partial charge >= 0.3 is 0 Å². The molecule has 3 heteroatoms. The van der Waals surface area contributed by atoms with E-state index in [-0.39, 0.29) is 0 Å². The normalized spacial score (nSPS) is 34.9.